The van der Waals surface area contributed by atoms with Crippen LogP contribution in [-0.2, 0) is 0 Å². The molecule has 0 radical (unpaired) electrons. The first-order valence-electron chi connectivity index (χ1n) is 6.96. The molecule has 1 aromatic carbocycles. The Bertz CT molecular complexity index is 367. The maximum atomic E-state index is 3.57. The van der Waals surface area contributed by atoms with Gasteiger partial charge in [0.05, 0.1) is 0 Å². The summed E-state index contributed by atoms with van der Waals surface area (Å²) >= 11 is 3.57. The molecule has 3 heteroatoms. The lowest BCUT2D eigenvalue weighted by atomic mass is 10.0. The number of benzene rings is 1. The van der Waals surface area contributed by atoms with Gasteiger partial charge in [0.25, 0.3) is 0 Å². The number of halogens is 1. The summed E-state index contributed by atoms with van der Waals surface area (Å²) < 4.78 is 1.15. The van der Waals surface area contributed by atoms with Gasteiger partial charge < -0.3 is 10.2 Å². The molecule has 2 rings (SSSR count). The number of para-hydroxylation sites is 1. The molecule has 0 amide bonds. The molecule has 0 saturated carbocycles. The Balaban J connectivity index is 1.73. The molecule has 1 aliphatic rings. The standard InChI is InChI=1S/C15H23BrN2/c1-13-5-4-10-18(11-8-13)12-9-17-15-7-3-2-6-14(15)16/h2-3,6-7,13,17H,4-5,8-12H2,1H3. The molecular formula is C15H23BrN2. The highest BCUT2D eigenvalue weighted by Crippen LogP contribution is 2.21. The third kappa shape index (κ3) is 4.29. The van der Waals surface area contributed by atoms with Crippen molar-refractivity contribution in [3.63, 3.8) is 0 Å². The number of hydrogen-bond acceptors (Lipinski definition) is 2. The predicted molar refractivity (Wildman–Crippen MR) is 82.1 cm³/mol. The summed E-state index contributed by atoms with van der Waals surface area (Å²) in [6.45, 7) is 7.08. The zero-order valence-electron chi connectivity index (χ0n) is 11.2. The highest BCUT2D eigenvalue weighted by atomic mass is 79.9. The summed E-state index contributed by atoms with van der Waals surface area (Å²) in [5.41, 5.74) is 1.20. The summed E-state index contributed by atoms with van der Waals surface area (Å²) in [4.78, 5) is 2.59. The molecule has 100 valence electrons. The van der Waals surface area contributed by atoms with Crippen molar-refractivity contribution in [3.05, 3.63) is 28.7 Å². The maximum absolute atomic E-state index is 3.57. The lowest BCUT2D eigenvalue weighted by Gasteiger charge is -2.20. The lowest BCUT2D eigenvalue weighted by Crippen LogP contribution is -2.30. The summed E-state index contributed by atoms with van der Waals surface area (Å²) in [7, 11) is 0. The minimum atomic E-state index is 0.909. The highest BCUT2D eigenvalue weighted by Gasteiger charge is 2.12. The van der Waals surface area contributed by atoms with Gasteiger partial charge in [0.15, 0.2) is 0 Å². The van der Waals surface area contributed by atoms with Crippen molar-refractivity contribution in [2.45, 2.75) is 26.2 Å². The van der Waals surface area contributed by atoms with E-state index < -0.39 is 0 Å². The van der Waals surface area contributed by atoms with Gasteiger partial charge in [0.2, 0.25) is 0 Å². The smallest absolute Gasteiger partial charge is 0.0485 e. The molecule has 1 aromatic rings. The van der Waals surface area contributed by atoms with E-state index in [4.69, 9.17) is 0 Å². The van der Waals surface area contributed by atoms with Crippen LogP contribution in [0.2, 0.25) is 0 Å². The van der Waals surface area contributed by atoms with Crippen LogP contribution in [0.4, 0.5) is 5.69 Å². The molecule has 0 spiro atoms. The molecule has 2 nitrogen and oxygen atoms in total. The largest absolute Gasteiger partial charge is 0.383 e. The molecule has 1 fully saturated rings. The third-order valence-corrected chi connectivity index (χ3v) is 4.42. The number of rotatable bonds is 4. The Labute approximate surface area is 119 Å². The van der Waals surface area contributed by atoms with Crippen molar-refractivity contribution in [2.24, 2.45) is 5.92 Å². The number of nitrogens with zero attached hydrogens (tertiary/aromatic N) is 1. The van der Waals surface area contributed by atoms with E-state index in [9.17, 15) is 0 Å². The maximum Gasteiger partial charge on any atom is 0.0485 e. The Hall–Kier alpha value is -0.540. The van der Waals surface area contributed by atoms with Gasteiger partial charge in [-0.05, 0) is 66.3 Å². The Morgan fingerprint density at radius 3 is 2.94 bits per heavy atom. The van der Waals surface area contributed by atoms with Crippen molar-refractivity contribution in [2.75, 3.05) is 31.5 Å². The van der Waals surface area contributed by atoms with Crippen molar-refractivity contribution in [3.8, 4) is 0 Å². The molecule has 1 N–H and O–H groups in total. The lowest BCUT2D eigenvalue weighted by molar-refractivity contribution is 0.292. The van der Waals surface area contributed by atoms with Crippen molar-refractivity contribution < 1.29 is 0 Å². The monoisotopic (exact) mass is 310 g/mol. The van der Waals surface area contributed by atoms with Gasteiger partial charge >= 0.3 is 0 Å². The minimum absolute atomic E-state index is 0.909. The van der Waals surface area contributed by atoms with Crippen molar-refractivity contribution in [1.82, 2.24) is 4.90 Å². The summed E-state index contributed by atoms with van der Waals surface area (Å²) in [6, 6.07) is 8.32. The molecule has 0 aliphatic carbocycles. The predicted octanol–water partition coefficient (Wildman–Crippen LogP) is 3.98. The van der Waals surface area contributed by atoms with Gasteiger partial charge in [0, 0.05) is 23.2 Å². The molecular weight excluding hydrogens is 288 g/mol. The first-order chi connectivity index (χ1) is 8.75. The molecule has 1 heterocycles. The van der Waals surface area contributed by atoms with Gasteiger partial charge in [-0.1, -0.05) is 19.1 Å². The first-order valence-corrected chi connectivity index (χ1v) is 7.76. The molecule has 0 aromatic heterocycles. The van der Waals surface area contributed by atoms with E-state index in [1.54, 1.807) is 0 Å². The molecule has 1 unspecified atom stereocenters. The van der Waals surface area contributed by atoms with E-state index in [-0.39, 0.29) is 0 Å². The fraction of sp³-hybridized carbons (Fsp3) is 0.600. The molecule has 18 heavy (non-hydrogen) atoms. The van der Waals surface area contributed by atoms with Gasteiger partial charge in [0.1, 0.15) is 0 Å². The number of likely N-dealkylation sites (tertiary alicyclic amines) is 1. The van der Waals surface area contributed by atoms with Crippen LogP contribution in [-0.4, -0.2) is 31.1 Å². The van der Waals surface area contributed by atoms with Crippen molar-refractivity contribution in [1.29, 1.82) is 0 Å². The second kappa shape index (κ2) is 7.15. The Morgan fingerprint density at radius 2 is 2.11 bits per heavy atom. The number of nitrogens with one attached hydrogen (secondary N) is 1. The van der Waals surface area contributed by atoms with Crippen LogP contribution in [0.25, 0.3) is 0 Å². The molecule has 0 bridgehead atoms. The van der Waals surface area contributed by atoms with Crippen LogP contribution in [0.1, 0.15) is 26.2 Å². The second-order valence-electron chi connectivity index (χ2n) is 5.28. The molecule has 1 aliphatic heterocycles. The van der Waals surface area contributed by atoms with Crippen LogP contribution < -0.4 is 5.32 Å². The number of hydrogen-bond donors (Lipinski definition) is 1. The summed E-state index contributed by atoms with van der Waals surface area (Å²) in [5.74, 6) is 0.909. The van der Waals surface area contributed by atoms with Crippen LogP contribution in [0.3, 0.4) is 0 Å². The quantitative estimate of drug-likeness (QED) is 0.905. The Kier molecular flexibility index (Phi) is 5.51. The average Bonchev–Trinajstić information content (AvgIpc) is 2.57. The van der Waals surface area contributed by atoms with Crippen molar-refractivity contribution >= 4 is 21.6 Å². The summed E-state index contributed by atoms with van der Waals surface area (Å²) in [5, 5.41) is 3.50. The third-order valence-electron chi connectivity index (χ3n) is 3.73. The van der Waals surface area contributed by atoms with E-state index in [2.05, 4.69) is 51.3 Å². The van der Waals surface area contributed by atoms with E-state index in [0.717, 1.165) is 23.5 Å². The van der Waals surface area contributed by atoms with E-state index >= 15 is 0 Å². The van der Waals surface area contributed by atoms with Crippen LogP contribution in [0, 0.1) is 5.92 Å². The molecule has 1 saturated heterocycles. The normalized spacial score (nSPS) is 21.6. The minimum Gasteiger partial charge on any atom is -0.383 e. The van der Waals surface area contributed by atoms with E-state index in [1.807, 2.05) is 6.07 Å². The fourth-order valence-corrected chi connectivity index (χ4v) is 2.92. The van der Waals surface area contributed by atoms with Gasteiger partial charge in [-0.2, -0.15) is 0 Å². The Morgan fingerprint density at radius 1 is 1.28 bits per heavy atom. The summed E-state index contributed by atoms with van der Waals surface area (Å²) in [6.07, 6.45) is 4.11. The fourth-order valence-electron chi connectivity index (χ4n) is 2.50. The zero-order chi connectivity index (χ0) is 12.8. The van der Waals surface area contributed by atoms with Gasteiger partial charge in [-0.25, -0.2) is 0 Å². The van der Waals surface area contributed by atoms with Crippen LogP contribution in [0.5, 0.6) is 0 Å². The van der Waals surface area contributed by atoms with Crippen LogP contribution >= 0.6 is 15.9 Å². The average molecular weight is 311 g/mol. The number of anilines is 1. The first kappa shape index (κ1) is 13.9. The molecule has 1 atom stereocenters. The topological polar surface area (TPSA) is 15.3 Å². The van der Waals surface area contributed by atoms with Gasteiger partial charge in [-0.15, -0.1) is 0 Å². The van der Waals surface area contributed by atoms with Crippen LogP contribution in [0.15, 0.2) is 28.7 Å². The van der Waals surface area contributed by atoms with E-state index in [1.165, 1.54) is 38.0 Å². The van der Waals surface area contributed by atoms with E-state index in [0.29, 0.717) is 0 Å². The highest BCUT2D eigenvalue weighted by molar-refractivity contribution is 9.10. The SMILES string of the molecule is CC1CCCN(CCNc2ccccc2Br)CC1. The van der Waals surface area contributed by atoms with Gasteiger partial charge in [-0.3, -0.25) is 0 Å². The zero-order valence-corrected chi connectivity index (χ0v) is 12.7. The second-order valence-corrected chi connectivity index (χ2v) is 6.14.